The van der Waals surface area contributed by atoms with Crippen molar-refractivity contribution in [3.63, 3.8) is 0 Å². The van der Waals surface area contributed by atoms with Crippen molar-refractivity contribution in [1.82, 2.24) is 19.5 Å². The van der Waals surface area contributed by atoms with Crippen LogP contribution in [-0.4, -0.2) is 39.1 Å². The van der Waals surface area contributed by atoms with Gasteiger partial charge in [0.05, 0.1) is 11.7 Å². The molecule has 0 spiro atoms. The van der Waals surface area contributed by atoms with E-state index >= 15 is 0 Å². The molecule has 1 aliphatic rings. The van der Waals surface area contributed by atoms with Crippen LogP contribution in [0.4, 0.5) is 5.82 Å². The van der Waals surface area contributed by atoms with Gasteiger partial charge in [0.2, 0.25) is 0 Å². The third-order valence-electron chi connectivity index (χ3n) is 4.73. The molecular formula is C19H23N5. The Hall–Kier alpha value is -2.40. The van der Waals surface area contributed by atoms with Crippen LogP contribution >= 0.6 is 0 Å². The van der Waals surface area contributed by atoms with Gasteiger partial charge in [0, 0.05) is 37.1 Å². The molecule has 5 nitrogen and oxygen atoms in total. The summed E-state index contributed by atoms with van der Waals surface area (Å²) in [5.41, 5.74) is 3.58. The summed E-state index contributed by atoms with van der Waals surface area (Å²) >= 11 is 0. The fourth-order valence-corrected chi connectivity index (χ4v) is 3.46. The zero-order valence-corrected chi connectivity index (χ0v) is 14.0. The predicted octanol–water partition coefficient (Wildman–Crippen LogP) is 2.97. The number of aryl methyl sites for hydroxylation is 1. The summed E-state index contributed by atoms with van der Waals surface area (Å²) in [5.74, 6) is 1.66. The SMILES string of the molecule is Cc1cccc(NC[C@@H]2CCN(Cc3cnn4ccccc34)C2)n1. The summed E-state index contributed by atoms with van der Waals surface area (Å²) in [5, 5.41) is 7.92. The number of hydrogen-bond acceptors (Lipinski definition) is 4. The molecule has 0 aliphatic carbocycles. The molecular weight excluding hydrogens is 298 g/mol. The lowest BCUT2D eigenvalue weighted by atomic mass is 10.1. The minimum Gasteiger partial charge on any atom is -0.370 e. The Morgan fingerprint density at radius 1 is 1.21 bits per heavy atom. The Morgan fingerprint density at radius 2 is 2.17 bits per heavy atom. The highest BCUT2D eigenvalue weighted by Gasteiger charge is 2.23. The second-order valence-corrected chi connectivity index (χ2v) is 6.64. The Kier molecular flexibility index (Phi) is 4.17. The maximum atomic E-state index is 4.51. The van der Waals surface area contributed by atoms with Gasteiger partial charge in [-0.15, -0.1) is 0 Å². The van der Waals surface area contributed by atoms with Crippen molar-refractivity contribution in [2.75, 3.05) is 25.0 Å². The van der Waals surface area contributed by atoms with Crippen LogP contribution in [0.3, 0.4) is 0 Å². The second-order valence-electron chi connectivity index (χ2n) is 6.64. The maximum absolute atomic E-state index is 4.51. The van der Waals surface area contributed by atoms with E-state index < -0.39 is 0 Å². The number of aromatic nitrogens is 3. The number of anilines is 1. The number of nitrogens with one attached hydrogen (secondary N) is 1. The molecule has 3 aromatic heterocycles. The molecule has 24 heavy (non-hydrogen) atoms. The number of pyridine rings is 2. The van der Waals surface area contributed by atoms with Crippen molar-refractivity contribution in [3.05, 3.63) is 60.0 Å². The Balaban J connectivity index is 1.33. The van der Waals surface area contributed by atoms with Gasteiger partial charge in [-0.2, -0.15) is 5.10 Å². The van der Waals surface area contributed by atoms with Crippen molar-refractivity contribution in [3.8, 4) is 0 Å². The lowest BCUT2D eigenvalue weighted by Crippen LogP contribution is -2.22. The van der Waals surface area contributed by atoms with Crippen LogP contribution in [0.15, 0.2) is 48.8 Å². The van der Waals surface area contributed by atoms with E-state index in [1.807, 2.05) is 42.0 Å². The van der Waals surface area contributed by atoms with Gasteiger partial charge in [-0.3, -0.25) is 4.90 Å². The van der Waals surface area contributed by atoms with E-state index in [-0.39, 0.29) is 0 Å². The second kappa shape index (κ2) is 6.61. The summed E-state index contributed by atoms with van der Waals surface area (Å²) < 4.78 is 1.95. The molecule has 4 heterocycles. The van der Waals surface area contributed by atoms with Crippen LogP contribution < -0.4 is 5.32 Å². The molecule has 4 rings (SSSR count). The highest BCUT2D eigenvalue weighted by atomic mass is 15.2. The third kappa shape index (κ3) is 3.26. The molecule has 124 valence electrons. The summed E-state index contributed by atoms with van der Waals surface area (Å²) in [6.45, 7) is 6.27. The van der Waals surface area contributed by atoms with Gasteiger partial charge in [-0.05, 0) is 50.1 Å². The van der Waals surface area contributed by atoms with E-state index in [9.17, 15) is 0 Å². The normalized spacial score (nSPS) is 18.3. The van der Waals surface area contributed by atoms with Crippen molar-refractivity contribution in [2.45, 2.75) is 19.9 Å². The van der Waals surface area contributed by atoms with E-state index in [0.29, 0.717) is 5.92 Å². The molecule has 0 unspecified atom stereocenters. The molecule has 0 aromatic carbocycles. The number of likely N-dealkylation sites (tertiary alicyclic amines) is 1. The standard InChI is InChI=1S/C19H23N5/c1-15-5-4-7-19(22-15)20-11-16-8-10-23(13-16)14-17-12-21-24-9-3-2-6-18(17)24/h2-7,9,12,16H,8,10-11,13-14H2,1H3,(H,20,22)/t16-/m0/s1. The van der Waals surface area contributed by atoms with Crippen LogP contribution in [0.1, 0.15) is 17.7 Å². The van der Waals surface area contributed by atoms with Gasteiger partial charge in [0.1, 0.15) is 5.82 Å². The Labute approximate surface area is 142 Å². The molecule has 0 amide bonds. The average Bonchev–Trinajstić information content (AvgIpc) is 3.21. The smallest absolute Gasteiger partial charge is 0.126 e. The molecule has 1 N–H and O–H groups in total. The molecule has 1 saturated heterocycles. The number of fused-ring (bicyclic) bond motifs is 1. The molecule has 3 aromatic rings. The average molecular weight is 321 g/mol. The lowest BCUT2D eigenvalue weighted by molar-refractivity contribution is 0.320. The largest absolute Gasteiger partial charge is 0.370 e. The molecule has 1 atom stereocenters. The van der Waals surface area contributed by atoms with Crippen molar-refractivity contribution in [1.29, 1.82) is 0 Å². The van der Waals surface area contributed by atoms with Crippen LogP contribution in [0.5, 0.6) is 0 Å². The van der Waals surface area contributed by atoms with E-state index in [0.717, 1.165) is 37.7 Å². The summed E-state index contributed by atoms with van der Waals surface area (Å²) in [6.07, 6.45) is 5.24. The zero-order valence-electron chi connectivity index (χ0n) is 14.0. The van der Waals surface area contributed by atoms with Gasteiger partial charge >= 0.3 is 0 Å². The minimum atomic E-state index is 0.675. The van der Waals surface area contributed by atoms with Gasteiger partial charge in [0.25, 0.3) is 0 Å². The zero-order chi connectivity index (χ0) is 16.4. The first-order valence-electron chi connectivity index (χ1n) is 8.59. The molecule has 1 aliphatic heterocycles. The lowest BCUT2D eigenvalue weighted by Gasteiger charge is -2.16. The highest BCUT2D eigenvalue weighted by molar-refractivity contribution is 5.53. The molecule has 0 radical (unpaired) electrons. The summed E-state index contributed by atoms with van der Waals surface area (Å²) in [4.78, 5) is 7.04. The first-order valence-corrected chi connectivity index (χ1v) is 8.59. The van der Waals surface area contributed by atoms with Crippen molar-refractivity contribution >= 4 is 11.3 Å². The van der Waals surface area contributed by atoms with E-state index in [4.69, 9.17) is 0 Å². The Morgan fingerprint density at radius 3 is 3.08 bits per heavy atom. The molecule has 0 bridgehead atoms. The van der Waals surface area contributed by atoms with Crippen molar-refractivity contribution in [2.24, 2.45) is 5.92 Å². The quantitative estimate of drug-likeness (QED) is 0.785. The van der Waals surface area contributed by atoms with Crippen LogP contribution in [0, 0.1) is 12.8 Å². The maximum Gasteiger partial charge on any atom is 0.126 e. The topological polar surface area (TPSA) is 45.5 Å². The van der Waals surface area contributed by atoms with Gasteiger partial charge in [0.15, 0.2) is 0 Å². The molecule has 0 saturated carbocycles. The number of hydrogen-bond donors (Lipinski definition) is 1. The fraction of sp³-hybridized carbons (Fsp3) is 0.368. The van der Waals surface area contributed by atoms with Crippen molar-refractivity contribution < 1.29 is 0 Å². The molecule has 5 heteroatoms. The summed E-state index contributed by atoms with van der Waals surface area (Å²) in [6, 6.07) is 12.3. The number of rotatable bonds is 5. The monoisotopic (exact) mass is 321 g/mol. The van der Waals surface area contributed by atoms with Gasteiger partial charge < -0.3 is 5.32 Å². The molecule has 1 fully saturated rings. The number of nitrogens with zero attached hydrogens (tertiary/aromatic N) is 4. The first-order chi connectivity index (χ1) is 11.8. The van der Waals surface area contributed by atoms with Crippen LogP contribution in [-0.2, 0) is 6.54 Å². The summed E-state index contributed by atoms with van der Waals surface area (Å²) in [7, 11) is 0. The van der Waals surface area contributed by atoms with E-state index in [2.05, 4.69) is 38.5 Å². The van der Waals surface area contributed by atoms with Gasteiger partial charge in [-0.1, -0.05) is 12.1 Å². The third-order valence-corrected chi connectivity index (χ3v) is 4.73. The van der Waals surface area contributed by atoms with Crippen LogP contribution in [0.25, 0.3) is 5.52 Å². The fourth-order valence-electron chi connectivity index (χ4n) is 3.46. The first kappa shape index (κ1) is 15.1. The van der Waals surface area contributed by atoms with E-state index in [1.54, 1.807) is 0 Å². The van der Waals surface area contributed by atoms with Crippen LogP contribution in [0.2, 0.25) is 0 Å². The predicted molar refractivity (Wildman–Crippen MR) is 96.0 cm³/mol. The highest BCUT2D eigenvalue weighted by Crippen LogP contribution is 2.21. The van der Waals surface area contributed by atoms with E-state index in [1.165, 1.54) is 17.5 Å². The minimum absolute atomic E-state index is 0.675. The van der Waals surface area contributed by atoms with Gasteiger partial charge in [-0.25, -0.2) is 9.50 Å². The Bertz CT molecular complexity index is 825.